The van der Waals surface area contributed by atoms with Gasteiger partial charge < -0.3 is 9.47 Å². The summed E-state index contributed by atoms with van der Waals surface area (Å²) in [6.45, 7) is 5.78. The fourth-order valence-corrected chi connectivity index (χ4v) is 3.43. The van der Waals surface area contributed by atoms with Crippen LogP contribution in [-0.4, -0.2) is 42.1 Å². The summed E-state index contributed by atoms with van der Waals surface area (Å²) in [5.74, 6) is 0.763. The monoisotopic (exact) mass is 423 g/mol. The molecule has 2 aliphatic rings. The number of guanidine groups is 1. The highest BCUT2D eigenvalue weighted by Gasteiger charge is 2.45. The largest absolute Gasteiger partial charge is 0.493 e. The number of alkyl carbamates (subject to hydrolysis) is 1. The number of halogens is 1. The Labute approximate surface area is 160 Å². The molecule has 0 bridgehead atoms. The first-order valence-electron chi connectivity index (χ1n) is 8.39. The smallest absolute Gasteiger partial charge is 0.414 e. The molecule has 2 heterocycles. The van der Waals surface area contributed by atoms with E-state index in [2.05, 4.69) is 21.2 Å². The lowest BCUT2D eigenvalue weighted by Crippen LogP contribution is -2.53. The van der Waals surface area contributed by atoms with Gasteiger partial charge in [0.05, 0.1) is 13.0 Å². The van der Waals surface area contributed by atoms with Crippen LogP contribution in [-0.2, 0) is 15.1 Å². The molecule has 1 atom stereocenters. The lowest BCUT2D eigenvalue weighted by atomic mass is 9.81. The van der Waals surface area contributed by atoms with Crippen molar-refractivity contribution in [1.82, 2.24) is 10.2 Å². The van der Waals surface area contributed by atoms with Crippen LogP contribution in [0.25, 0.3) is 0 Å². The molecule has 0 fully saturated rings. The minimum atomic E-state index is -0.759. The van der Waals surface area contributed by atoms with E-state index in [4.69, 9.17) is 14.5 Å². The van der Waals surface area contributed by atoms with Crippen molar-refractivity contribution in [2.75, 3.05) is 13.7 Å². The summed E-state index contributed by atoms with van der Waals surface area (Å²) in [7, 11) is 1.59. The molecule has 2 amide bonds. The van der Waals surface area contributed by atoms with E-state index in [9.17, 15) is 9.59 Å². The summed E-state index contributed by atoms with van der Waals surface area (Å²) in [6, 6.07) is 5.67. The molecule has 7 nitrogen and oxygen atoms in total. The molecule has 26 heavy (non-hydrogen) atoms. The van der Waals surface area contributed by atoms with E-state index < -0.39 is 17.2 Å². The Balaban J connectivity index is 1.99. The van der Waals surface area contributed by atoms with Crippen molar-refractivity contribution < 1.29 is 19.1 Å². The zero-order valence-corrected chi connectivity index (χ0v) is 16.8. The van der Waals surface area contributed by atoms with E-state index in [1.54, 1.807) is 27.8 Å². The fourth-order valence-electron chi connectivity index (χ4n) is 3.07. The second-order valence-electron chi connectivity index (χ2n) is 7.46. The molecule has 0 aliphatic carbocycles. The Bertz CT molecular complexity index is 787. The minimum absolute atomic E-state index is 0.126. The van der Waals surface area contributed by atoms with Gasteiger partial charge in [-0.3, -0.25) is 15.0 Å². The first-order valence-corrected chi connectivity index (χ1v) is 9.18. The molecule has 1 aromatic carbocycles. The van der Waals surface area contributed by atoms with E-state index in [-0.39, 0.29) is 18.3 Å². The molecular formula is C18H22BrN3O4. The van der Waals surface area contributed by atoms with Crippen molar-refractivity contribution in [3.8, 4) is 5.75 Å². The summed E-state index contributed by atoms with van der Waals surface area (Å²) in [4.78, 5) is 30.9. The maximum Gasteiger partial charge on any atom is 0.414 e. The standard InChI is InChI=1S/C18H22BrN3O4/c1-17(2,3)26-16(24)20-15-21-18(10-14(23)22(15)4)7-8-25-13-6-5-11(19)9-12(13)18/h5-6,9H,7-8,10H2,1-4H3,(H,20,21,24). The van der Waals surface area contributed by atoms with E-state index in [1.807, 2.05) is 18.2 Å². The number of aliphatic imine (C=N–C) groups is 1. The first-order chi connectivity index (χ1) is 12.1. The number of carbonyl (C=O) groups is 2. The van der Waals surface area contributed by atoms with Gasteiger partial charge in [0.2, 0.25) is 11.9 Å². The number of benzene rings is 1. The Morgan fingerprint density at radius 3 is 2.85 bits per heavy atom. The number of rotatable bonds is 0. The second kappa shape index (κ2) is 6.57. The summed E-state index contributed by atoms with van der Waals surface area (Å²) in [5.41, 5.74) is -0.566. The number of amides is 2. The molecule has 140 valence electrons. The number of nitrogens with one attached hydrogen (secondary N) is 1. The molecular weight excluding hydrogens is 402 g/mol. The van der Waals surface area contributed by atoms with Crippen LogP contribution < -0.4 is 10.1 Å². The van der Waals surface area contributed by atoms with Gasteiger partial charge in [-0.1, -0.05) is 15.9 Å². The molecule has 1 aromatic rings. The normalized spacial score (nSPS) is 22.4. The number of carbonyl (C=O) groups excluding carboxylic acids is 2. The number of ether oxygens (including phenoxy) is 2. The minimum Gasteiger partial charge on any atom is -0.493 e. The van der Waals surface area contributed by atoms with Gasteiger partial charge in [0, 0.05) is 23.5 Å². The topological polar surface area (TPSA) is 80.2 Å². The van der Waals surface area contributed by atoms with Gasteiger partial charge in [-0.15, -0.1) is 0 Å². The van der Waals surface area contributed by atoms with E-state index in [0.29, 0.717) is 18.8 Å². The lowest BCUT2D eigenvalue weighted by Gasteiger charge is -2.40. The van der Waals surface area contributed by atoms with Crippen LogP contribution in [0.1, 0.15) is 39.2 Å². The third kappa shape index (κ3) is 3.70. The Kier molecular flexibility index (Phi) is 4.72. The van der Waals surface area contributed by atoms with Gasteiger partial charge in [0.15, 0.2) is 0 Å². The summed E-state index contributed by atoms with van der Waals surface area (Å²) in [5, 5.41) is 2.61. The highest BCUT2D eigenvalue weighted by Crippen LogP contribution is 2.45. The Morgan fingerprint density at radius 2 is 2.15 bits per heavy atom. The predicted octanol–water partition coefficient (Wildman–Crippen LogP) is 3.17. The molecule has 0 saturated heterocycles. The van der Waals surface area contributed by atoms with Crippen molar-refractivity contribution in [3.05, 3.63) is 28.2 Å². The molecule has 3 rings (SSSR count). The zero-order chi connectivity index (χ0) is 19.1. The SMILES string of the molecule is CN1C(=O)CC2(CCOc3ccc(Br)cc32)N=C1NC(=O)OC(C)(C)C. The first kappa shape index (κ1) is 18.7. The molecule has 0 aromatic heterocycles. The van der Waals surface area contributed by atoms with Gasteiger partial charge in [-0.2, -0.15) is 0 Å². The Hall–Kier alpha value is -2.09. The summed E-state index contributed by atoms with van der Waals surface area (Å²) in [6.07, 6.45) is 0.125. The molecule has 1 spiro atoms. The maximum atomic E-state index is 12.6. The van der Waals surface area contributed by atoms with Crippen molar-refractivity contribution in [2.24, 2.45) is 4.99 Å². The van der Waals surface area contributed by atoms with Crippen molar-refractivity contribution >= 4 is 33.9 Å². The Morgan fingerprint density at radius 1 is 1.42 bits per heavy atom. The number of nitrogens with zero attached hydrogens (tertiary/aromatic N) is 2. The van der Waals surface area contributed by atoms with Crippen LogP contribution in [0.3, 0.4) is 0 Å². The molecule has 8 heteroatoms. The summed E-state index contributed by atoms with van der Waals surface area (Å²) < 4.78 is 11.9. The lowest BCUT2D eigenvalue weighted by molar-refractivity contribution is -0.129. The second-order valence-corrected chi connectivity index (χ2v) is 8.38. The molecule has 0 saturated carbocycles. The number of hydrogen-bond acceptors (Lipinski definition) is 5. The van der Waals surface area contributed by atoms with Gasteiger partial charge in [0.25, 0.3) is 0 Å². The van der Waals surface area contributed by atoms with Gasteiger partial charge in [0.1, 0.15) is 16.9 Å². The zero-order valence-electron chi connectivity index (χ0n) is 15.3. The van der Waals surface area contributed by atoms with Crippen LogP contribution in [0, 0.1) is 0 Å². The molecule has 2 aliphatic heterocycles. The molecule has 1 unspecified atom stereocenters. The quantitative estimate of drug-likeness (QED) is 0.694. The third-order valence-electron chi connectivity index (χ3n) is 4.28. The van der Waals surface area contributed by atoms with Crippen molar-refractivity contribution in [1.29, 1.82) is 0 Å². The van der Waals surface area contributed by atoms with E-state index in [1.165, 1.54) is 4.90 Å². The van der Waals surface area contributed by atoms with Crippen molar-refractivity contribution in [3.63, 3.8) is 0 Å². The highest BCUT2D eigenvalue weighted by atomic mass is 79.9. The number of fused-ring (bicyclic) bond motifs is 2. The van der Waals surface area contributed by atoms with Crippen LogP contribution in [0.5, 0.6) is 5.75 Å². The average molecular weight is 424 g/mol. The van der Waals surface area contributed by atoms with Crippen LogP contribution in [0.2, 0.25) is 0 Å². The van der Waals surface area contributed by atoms with Crippen LogP contribution in [0.4, 0.5) is 4.79 Å². The fraction of sp³-hybridized carbons (Fsp3) is 0.500. The van der Waals surface area contributed by atoms with Gasteiger partial charge >= 0.3 is 6.09 Å². The van der Waals surface area contributed by atoms with Crippen LogP contribution in [0.15, 0.2) is 27.7 Å². The predicted molar refractivity (Wildman–Crippen MR) is 100 cm³/mol. The summed E-state index contributed by atoms with van der Waals surface area (Å²) >= 11 is 3.47. The van der Waals surface area contributed by atoms with Gasteiger partial charge in [-0.25, -0.2) is 9.79 Å². The third-order valence-corrected chi connectivity index (χ3v) is 4.78. The average Bonchev–Trinajstić information content (AvgIpc) is 2.51. The van der Waals surface area contributed by atoms with Crippen molar-refractivity contribution in [2.45, 2.75) is 44.8 Å². The van der Waals surface area contributed by atoms with E-state index >= 15 is 0 Å². The molecule has 1 N–H and O–H groups in total. The highest BCUT2D eigenvalue weighted by molar-refractivity contribution is 9.10. The van der Waals surface area contributed by atoms with Crippen LogP contribution >= 0.6 is 15.9 Å². The van der Waals surface area contributed by atoms with E-state index in [0.717, 1.165) is 10.0 Å². The molecule has 0 radical (unpaired) electrons. The number of hydrogen-bond donors (Lipinski definition) is 1. The maximum absolute atomic E-state index is 12.6. The van der Waals surface area contributed by atoms with Gasteiger partial charge in [-0.05, 0) is 39.0 Å².